The minimum Gasteiger partial charge on any atom is -0.347 e. The van der Waals surface area contributed by atoms with Crippen molar-refractivity contribution in [2.75, 3.05) is 0 Å². The largest absolute Gasteiger partial charge is 0.347 e. The van der Waals surface area contributed by atoms with Crippen LogP contribution in [0.3, 0.4) is 0 Å². The Hall–Kier alpha value is -1.10. The number of nitriles is 2. The molecule has 1 fully saturated rings. The molecule has 5 heteroatoms. The minimum atomic E-state index is 0.354. The highest BCUT2D eigenvalue weighted by atomic mass is 35.5. The van der Waals surface area contributed by atoms with Gasteiger partial charge in [0.05, 0.1) is 4.90 Å². The Morgan fingerprint density at radius 1 is 1.43 bits per heavy atom. The number of thioether (sulfide) groups is 1. The van der Waals surface area contributed by atoms with Gasteiger partial charge in [-0.15, -0.1) is 0 Å². The molecule has 1 aliphatic rings. The Bertz CT molecular complexity index is 448. The smallest absolute Gasteiger partial charge is 0.138 e. The molecular formula is C9H6ClN3S. The number of hydrogen-bond acceptors (Lipinski definition) is 3. The second kappa shape index (κ2) is 3.57. The van der Waals surface area contributed by atoms with Gasteiger partial charge in [0, 0.05) is 11.6 Å². The van der Waals surface area contributed by atoms with E-state index in [1.165, 1.54) is 0 Å². The molecule has 2 rings (SSSR count). The number of aromatic nitrogens is 1. The SMILES string of the molecule is N#CSc1c(C2CC2)[nH]c(Cl)c1C#N. The second-order valence-corrected chi connectivity index (χ2v) is 4.31. The van der Waals surface area contributed by atoms with Gasteiger partial charge in [0.2, 0.25) is 0 Å². The number of hydrogen-bond donors (Lipinski definition) is 1. The maximum Gasteiger partial charge on any atom is 0.138 e. The number of rotatable bonds is 2. The molecule has 0 radical (unpaired) electrons. The lowest BCUT2D eigenvalue weighted by Crippen LogP contribution is -1.81. The van der Waals surface area contributed by atoms with Crippen molar-refractivity contribution in [3.63, 3.8) is 0 Å². The molecule has 0 bridgehead atoms. The Morgan fingerprint density at radius 2 is 2.14 bits per heavy atom. The summed E-state index contributed by atoms with van der Waals surface area (Å²) in [5.74, 6) is 0.463. The van der Waals surface area contributed by atoms with Crippen molar-refractivity contribution in [2.24, 2.45) is 0 Å². The van der Waals surface area contributed by atoms with Gasteiger partial charge in [-0.25, -0.2) is 0 Å². The van der Waals surface area contributed by atoms with Crippen LogP contribution in [0, 0.1) is 22.0 Å². The predicted molar refractivity (Wildman–Crippen MR) is 54.0 cm³/mol. The summed E-state index contributed by atoms with van der Waals surface area (Å²) in [6.45, 7) is 0. The minimum absolute atomic E-state index is 0.354. The van der Waals surface area contributed by atoms with Crippen molar-refractivity contribution in [3.8, 4) is 11.5 Å². The van der Waals surface area contributed by atoms with Crippen LogP contribution in [0.2, 0.25) is 5.15 Å². The van der Waals surface area contributed by atoms with E-state index in [1.807, 2.05) is 11.5 Å². The van der Waals surface area contributed by atoms with Gasteiger partial charge in [-0.3, -0.25) is 0 Å². The van der Waals surface area contributed by atoms with E-state index in [0.29, 0.717) is 21.5 Å². The molecule has 1 aliphatic carbocycles. The number of nitrogens with one attached hydrogen (secondary N) is 1. The predicted octanol–water partition coefficient (Wildman–Crippen LogP) is 2.99. The first-order valence-electron chi connectivity index (χ1n) is 4.15. The Labute approximate surface area is 90.7 Å². The monoisotopic (exact) mass is 223 g/mol. The molecule has 0 amide bonds. The highest BCUT2D eigenvalue weighted by Crippen LogP contribution is 2.46. The number of H-pyrrole nitrogens is 1. The zero-order chi connectivity index (χ0) is 10.1. The van der Waals surface area contributed by atoms with Gasteiger partial charge in [-0.05, 0) is 24.6 Å². The summed E-state index contributed by atoms with van der Waals surface area (Å²) in [5.41, 5.74) is 1.36. The fourth-order valence-corrected chi connectivity index (χ4v) is 2.35. The average Bonchev–Trinajstić information content (AvgIpc) is 2.94. The molecule has 0 spiro atoms. The molecule has 1 aromatic rings. The van der Waals surface area contributed by atoms with Crippen molar-refractivity contribution < 1.29 is 0 Å². The number of nitrogens with zero attached hydrogens (tertiary/aromatic N) is 2. The van der Waals surface area contributed by atoms with Crippen molar-refractivity contribution in [2.45, 2.75) is 23.7 Å². The first-order valence-corrected chi connectivity index (χ1v) is 5.34. The number of aromatic amines is 1. The van der Waals surface area contributed by atoms with E-state index in [-0.39, 0.29) is 0 Å². The fourth-order valence-electron chi connectivity index (χ4n) is 1.38. The molecule has 1 heterocycles. The molecule has 1 N–H and O–H groups in total. The lowest BCUT2D eigenvalue weighted by Gasteiger charge is -1.95. The molecule has 0 saturated heterocycles. The van der Waals surface area contributed by atoms with Crippen LogP contribution in [0.15, 0.2) is 4.90 Å². The summed E-state index contributed by atoms with van der Waals surface area (Å²) in [6.07, 6.45) is 2.22. The molecule has 0 unspecified atom stereocenters. The summed E-state index contributed by atoms with van der Waals surface area (Å²) in [6, 6.07) is 2.02. The summed E-state index contributed by atoms with van der Waals surface area (Å²) in [5, 5.41) is 19.8. The lowest BCUT2D eigenvalue weighted by molar-refractivity contribution is 1.01. The zero-order valence-corrected chi connectivity index (χ0v) is 8.74. The van der Waals surface area contributed by atoms with Gasteiger partial charge >= 0.3 is 0 Å². The van der Waals surface area contributed by atoms with Crippen molar-refractivity contribution >= 4 is 23.4 Å². The number of halogens is 1. The normalized spacial score (nSPS) is 14.8. The first-order chi connectivity index (χ1) is 6.77. The van der Waals surface area contributed by atoms with Gasteiger partial charge in [0.25, 0.3) is 0 Å². The van der Waals surface area contributed by atoms with Crippen LogP contribution in [0.4, 0.5) is 0 Å². The van der Waals surface area contributed by atoms with Crippen LogP contribution in [0.1, 0.15) is 30.0 Å². The van der Waals surface area contributed by atoms with Gasteiger partial charge in [0.1, 0.15) is 22.2 Å². The number of thiocyanates is 1. The Kier molecular flexibility index (Phi) is 2.41. The third kappa shape index (κ3) is 1.48. The van der Waals surface area contributed by atoms with Crippen LogP contribution >= 0.6 is 23.4 Å². The molecule has 0 atom stereocenters. The molecule has 1 aromatic heterocycles. The van der Waals surface area contributed by atoms with Gasteiger partial charge in [-0.1, -0.05) is 11.6 Å². The molecular weight excluding hydrogens is 218 g/mol. The van der Waals surface area contributed by atoms with Gasteiger partial charge in [-0.2, -0.15) is 10.5 Å². The quantitative estimate of drug-likeness (QED) is 0.619. The lowest BCUT2D eigenvalue weighted by atomic mass is 10.2. The second-order valence-electron chi connectivity index (χ2n) is 3.14. The molecule has 1 saturated carbocycles. The third-order valence-electron chi connectivity index (χ3n) is 2.18. The average molecular weight is 224 g/mol. The van der Waals surface area contributed by atoms with Crippen LogP contribution in [-0.4, -0.2) is 4.98 Å². The van der Waals surface area contributed by atoms with E-state index in [4.69, 9.17) is 22.1 Å². The first kappa shape index (κ1) is 9.45. The maximum absolute atomic E-state index is 8.86. The van der Waals surface area contributed by atoms with Crippen LogP contribution in [0.25, 0.3) is 0 Å². The Balaban J connectivity index is 2.50. The van der Waals surface area contributed by atoms with Crippen LogP contribution < -0.4 is 0 Å². The molecule has 14 heavy (non-hydrogen) atoms. The van der Waals surface area contributed by atoms with E-state index in [0.717, 1.165) is 30.3 Å². The molecule has 3 nitrogen and oxygen atoms in total. The van der Waals surface area contributed by atoms with Gasteiger partial charge < -0.3 is 4.98 Å². The van der Waals surface area contributed by atoms with Crippen molar-refractivity contribution in [3.05, 3.63) is 16.4 Å². The van der Waals surface area contributed by atoms with E-state index < -0.39 is 0 Å². The fraction of sp³-hybridized carbons (Fsp3) is 0.333. The highest BCUT2D eigenvalue weighted by molar-refractivity contribution is 8.03. The zero-order valence-electron chi connectivity index (χ0n) is 7.17. The van der Waals surface area contributed by atoms with E-state index >= 15 is 0 Å². The van der Waals surface area contributed by atoms with Gasteiger partial charge in [0.15, 0.2) is 0 Å². The van der Waals surface area contributed by atoms with Crippen LogP contribution in [-0.2, 0) is 0 Å². The maximum atomic E-state index is 8.86. The van der Waals surface area contributed by atoms with E-state index in [2.05, 4.69) is 4.98 Å². The summed E-state index contributed by atoms with van der Waals surface area (Å²) < 4.78 is 0. The summed E-state index contributed by atoms with van der Waals surface area (Å²) >= 11 is 6.87. The molecule has 70 valence electrons. The summed E-state index contributed by atoms with van der Waals surface area (Å²) in [7, 11) is 0. The standard InChI is InChI=1S/C9H6ClN3S/c10-9-6(3-11)8(14-4-12)7(13-9)5-1-2-5/h5,13H,1-2H2. The molecule has 0 aromatic carbocycles. The molecule has 0 aliphatic heterocycles. The van der Waals surface area contributed by atoms with E-state index in [9.17, 15) is 0 Å². The highest BCUT2D eigenvalue weighted by Gasteiger charge is 2.30. The van der Waals surface area contributed by atoms with E-state index in [1.54, 1.807) is 0 Å². The Morgan fingerprint density at radius 3 is 2.64 bits per heavy atom. The topological polar surface area (TPSA) is 63.4 Å². The van der Waals surface area contributed by atoms with Crippen molar-refractivity contribution in [1.29, 1.82) is 10.5 Å². The third-order valence-corrected chi connectivity index (χ3v) is 3.18. The van der Waals surface area contributed by atoms with Crippen LogP contribution in [0.5, 0.6) is 0 Å². The summed E-state index contributed by atoms with van der Waals surface area (Å²) in [4.78, 5) is 3.69. The van der Waals surface area contributed by atoms with Crippen molar-refractivity contribution in [1.82, 2.24) is 4.98 Å².